The largest absolute Gasteiger partial charge is 0.473 e. The van der Waals surface area contributed by atoms with Gasteiger partial charge in [-0.1, -0.05) is 34.1 Å². The molecule has 0 amide bonds. The van der Waals surface area contributed by atoms with Crippen molar-refractivity contribution < 1.29 is 4.74 Å². The van der Waals surface area contributed by atoms with Crippen molar-refractivity contribution in [2.45, 2.75) is 13.5 Å². The smallest absolute Gasteiger partial charge is 0.216 e. The highest BCUT2D eigenvalue weighted by Gasteiger charge is 2.04. The lowest BCUT2D eigenvalue weighted by Gasteiger charge is -2.09. The minimum absolute atomic E-state index is 0.511. The van der Waals surface area contributed by atoms with Crippen LogP contribution in [-0.4, -0.2) is 4.98 Å². The minimum atomic E-state index is 0.511. The predicted octanol–water partition coefficient (Wildman–Crippen LogP) is 4.49. The van der Waals surface area contributed by atoms with Crippen LogP contribution < -0.4 is 4.74 Å². The summed E-state index contributed by atoms with van der Waals surface area (Å²) in [6.07, 6.45) is 1.74. The predicted molar refractivity (Wildman–Crippen MR) is 75.1 cm³/mol. The molecule has 0 aliphatic carbocycles. The van der Waals surface area contributed by atoms with Gasteiger partial charge in [-0.25, -0.2) is 4.98 Å². The Kier molecular flexibility index (Phi) is 4.18. The molecule has 0 fully saturated rings. The SMILES string of the molecule is Cc1cc(Br)cnc1OCc1ccccc1Br. The molecule has 0 aliphatic heterocycles. The molecule has 0 spiro atoms. The lowest BCUT2D eigenvalue weighted by molar-refractivity contribution is 0.291. The summed E-state index contributed by atoms with van der Waals surface area (Å²) >= 11 is 6.87. The quantitative estimate of drug-likeness (QED) is 0.808. The molecule has 1 heterocycles. The topological polar surface area (TPSA) is 22.1 Å². The molecule has 2 nitrogen and oxygen atoms in total. The molecule has 4 heteroatoms. The Bertz CT molecular complexity index is 529. The standard InChI is InChI=1S/C13H11Br2NO/c1-9-6-11(14)7-16-13(9)17-8-10-4-2-3-5-12(10)15/h2-7H,8H2,1H3. The number of hydrogen-bond acceptors (Lipinski definition) is 2. The summed E-state index contributed by atoms with van der Waals surface area (Å²) in [6.45, 7) is 2.49. The maximum absolute atomic E-state index is 5.70. The molecule has 0 aliphatic rings. The number of aryl methyl sites for hydroxylation is 1. The number of hydrogen-bond donors (Lipinski definition) is 0. The first-order chi connectivity index (χ1) is 8.16. The van der Waals surface area contributed by atoms with Gasteiger partial charge in [-0.3, -0.25) is 0 Å². The number of aromatic nitrogens is 1. The fourth-order valence-corrected chi connectivity index (χ4v) is 2.29. The second-order valence-corrected chi connectivity index (χ2v) is 5.43. The first-order valence-corrected chi connectivity index (χ1v) is 6.74. The van der Waals surface area contributed by atoms with E-state index in [1.54, 1.807) is 6.20 Å². The monoisotopic (exact) mass is 355 g/mol. The number of pyridine rings is 1. The van der Waals surface area contributed by atoms with Crippen LogP contribution in [0, 0.1) is 6.92 Å². The molecule has 2 aromatic rings. The van der Waals surface area contributed by atoms with Crippen LogP contribution in [0.1, 0.15) is 11.1 Å². The van der Waals surface area contributed by atoms with Crippen molar-refractivity contribution in [3.8, 4) is 5.88 Å². The van der Waals surface area contributed by atoms with E-state index >= 15 is 0 Å². The summed E-state index contributed by atoms with van der Waals surface area (Å²) < 4.78 is 7.71. The zero-order valence-electron chi connectivity index (χ0n) is 9.28. The molecule has 88 valence electrons. The molecular formula is C13H11Br2NO. The van der Waals surface area contributed by atoms with Gasteiger partial charge < -0.3 is 4.74 Å². The number of rotatable bonds is 3. The van der Waals surface area contributed by atoms with Gasteiger partial charge in [-0.15, -0.1) is 0 Å². The van der Waals surface area contributed by atoms with E-state index in [9.17, 15) is 0 Å². The maximum Gasteiger partial charge on any atom is 0.216 e. The highest BCUT2D eigenvalue weighted by atomic mass is 79.9. The van der Waals surface area contributed by atoms with Crippen LogP contribution in [0.5, 0.6) is 5.88 Å². The molecule has 17 heavy (non-hydrogen) atoms. The molecule has 0 radical (unpaired) electrons. The van der Waals surface area contributed by atoms with E-state index in [-0.39, 0.29) is 0 Å². The van der Waals surface area contributed by atoms with Crippen molar-refractivity contribution >= 4 is 31.9 Å². The summed E-state index contributed by atoms with van der Waals surface area (Å²) in [5.74, 6) is 0.670. The maximum atomic E-state index is 5.70. The first kappa shape index (κ1) is 12.6. The fraction of sp³-hybridized carbons (Fsp3) is 0.154. The van der Waals surface area contributed by atoms with Crippen LogP contribution in [0.2, 0.25) is 0 Å². The molecule has 0 saturated heterocycles. The highest BCUT2D eigenvalue weighted by molar-refractivity contribution is 9.10. The molecule has 1 aromatic heterocycles. The van der Waals surface area contributed by atoms with Crippen LogP contribution in [0.4, 0.5) is 0 Å². The molecule has 0 saturated carbocycles. The minimum Gasteiger partial charge on any atom is -0.473 e. The van der Waals surface area contributed by atoms with Gasteiger partial charge in [0.15, 0.2) is 0 Å². The van der Waals surface area contributed by atoms with Crippen molar-refractivity contribution in [1.29, 1.82) is 0 Å². The van der Waals surface area contributed by atoms with Crippen molar-refractivity contribution in [2.24, 2.45) is 0 Å². The second-order valence-electron chi connectivity index (χ2n) is 3.66. The summed E-state index contributed by atoms with van der Waals surface area (Å²) in [5.41, 5.74) is 2.13. The van der Waals surface area contributed by atoms with E-state index in [0.717, 1.165) is 20.1 Å². The third-order valence-electron chi connectivity index (χ3n) is 2.32. The van der Waals surface area contributed by atoms with Gasteiger partial charge in [0.2, 0.25) is 5.88 Å². The van der Waals surface area contributed by atoms with Gasteiger partial charge in [-0.05, 0) is 35.0 Å². The van der Waals surface area contributed by atoms with E-state index in [4.69, 9.17) is 4.74 Å². The molecule has 2 rings (SSSR count). The van der Waals surface area contributed by atoms with Crippen LogP contribution >= 0.6 is 31.9 Å². The highest BCUT2D eigenvalue weighted by Crippen LogP contribution is 2.22. The van der Waals surface area contributed by atoms with Crippen LogP contribution in [-0.2, 0) is 6.61 Å². The van der Waals surface area contributed by atoms with E-state index in [0.29, 0.717) is 12.5 Å². The zero-order chi connectivity index (χ0) is 12.3. The second kappa shape index (κ2) is 5.65. The molecule has 0 atom stereocenters. The normalized spacial score (nSPS) is 10.3. The number of ether oxygens (including phenoxy) is 1. The van der Waals surface area contributed by atoms with Crippen LogP contribution in [0.3, 0.4) is 0 Å². The Hall–Kier alpha value is -0.870. The van der Waals surface area contributed by atoms with Gasteiger partial charge in [0.1, 0.15) is 6.61 Å². The number of benzene rings is 1. The molecule has 0 unspecified atom stereocenters. The summed E-state index contributed by atoms with van der Waals surface area (Å²) in [7, 11) is 0. The van der Waals surface area contributed by atoms with Gasteiger partial charge in [0.25, 0.3) is 0 Å². The van der Waals surface area contributed by atoms with E-state index in [2.05, 4.69) is 36.8 Å². The van der Waals surface area contributed by atoms with E-state index in [1.807, 2.05) is 37.3 Å². The number of nitrogens with zero attached hydrogens (tertiary/aromatic N) is 1. The van der Waals surface area contributed by atoms with Crippen molar-refractivity contribution in [3.63, 3.8) is 0 Å². The summed E-state index contributed by atoms with van der Waals surface area (Å²) in [5, 5.41) is 0. The Morgan fingerprint density at radius 3 is 2.71 bits per heavy atom. The Morgan fingerprint density at radius 1 is 1.24 bits per heavy atom. The molecule has 0 bridgehead atoms. The number of halogens is 2. The third kappa shape index (κ3) is 3.30. The fourth-order valence-electron chi connectivity index (χ4n) is 1.44. The molecule has 0 N–H and O–H groups in total. The van der Waals surface area contributed by atoms with Gasteiger partial charge in [-0.2, -0.15) is 0 Å². The Labute approximate surface area is 117 Å². The van der Waals surface area contributed by atoms with Crippen LogP contribution in [0.15, 0.2) is 45.5 Å². The van der Waals surface area contributed by atoms with Gasteiger partial charge in [0, 0.05) is 26.3 Å². The van der Waals surface area contributed by atoms with Crippen LogP contribution in [0.25, 0.3) is 0 Å². The van der Waals surface area contributed by atoms with Gasteiger partial charge in [0.05, 0.1) is 0 Å². The summed E-state index contributed by atoms with van der Waals surface area (Å²) in [6, 6.07) is 9.99. The van der Waals surface area contributed by atoms with Gasteiger partial charge >= 0.3 is 0 Å². The molecule has 1 aromatic carbocycles. The summed E-state index contributed by atoms with van der Waals surface area (Å²) in [4.78, 5) is 4.24. The lowest BCUT2D eigenvalue weighted by Crippen LogP contribution is -1.99. The third-order valence-corrected chi connectivity index (χ3v) is 3.53. The first-order valence-electron chi connectivity index (χ1n) is 5.15. The van der Waals surface area contributed by atoms with E-state index in [1.165, 1.54) is 0 Å². The van der Waals surface area contributed by atoms with Crippen molar-refractivity contribution in [3.05, 3.63) is 56.6 Å². The Morgan fingerprint density at radius 2 is 2.00 bits per heavy atom. The van der Waals surface area contributed by atoms with Crippen molar-refractivity contribution in [1.82, 2.24) is 4.98 Å². The molecular weight excluding hydrogens is 346 g/mol. The van der Waals surface area contributed by atoms with E-state index < -0.39 is 0 Å². The zero-order valence-corrected chi connectivity index (χ0v) is 12.5. The average molecular weight is 357 g/mol. The average Bonchev–Trinajstić information content (AvgIpc) is 2.30. The lowest BCUT2D eigenvalue weighted by atomic mass is 10.2. The Balaban J connectivity index is 2.10. The van der Waals surface area contributed by atoms with Crippen molar-refractivity contribution in [2.75, 3.05) is 0 Å².